The summed E-state index contributed by atoms with van der Waals surface area (Å²) in [6.45, 7) is -2.62. The van der Waals surface area contributed by atoms with Gasteiger partial charge in [-0.2, -0.15) is 23.7 Å². The lowest BCUT2D eigenvalue weighted by Crippen LogP contribution is -2.19. The summed E-state index contributed by atoms with van der Waals surface area (Å²) in [7, 11) is 0. The van der Waals surface area contributed by atoms with Crippen molar-refractivity contribution in [2.24, 2.45) is 0 Å². The Balaban J connectivity index is 1.76. The van der Waals surface area contributed by atoms with E-state index in [4.69, 9.17) is 34.8 Å². The van der Waals surface area contributed by atoms with Crippen molar-refractivity contribution in [3.8, 4) is 0 Å². The number of aromatic nitrogens is 4. The number of hydrogen-bond donors (Lipinski definition) is 1. The third-order valence-electron chi connectivity index (χ3n) is 3.37. The Morgan fingerprint density at radius 2 is 1.92 bits per heavy atom. The molecule has 1 N–H and O–H groups in total. The Bertz CT molecular complexity index is 957. The van der Waals surface area contributed by atoms with Gasteiger partial charge in [-0.1, -0.05) is 40.9 Å². The Morgan fingerprint density at radius 1 is 1.15 bits per heavy atom. The fourth-order valence-corrected chi connectivity index (χ4v) is 2.73. The van der Waals surface area contributed by atoms with Gasteiger partial charge in [0.15, 0.2) is 5.82 Å². The maximum Gasteiger partial charge on any atom is 0.333 e. The Labute approximate surface area is 161 Å². The minimum absolute atomic E-state index is 0.0405. The second-order valence-electron chi connectivity index (χ2n) is 5.16. The van der Waals surface area contributed by atoms with Crippen LogP contribution in [0.3, 0.4) is 0 Å². The highest BCUT2D eigenvalue weighted by atomic mass is 35.5. The van der Waals surface area contributed by atoms with Crippen molar-refractivity contribution >= 4 is 46.5 Å². The molecule has 26 heavy (non-hydrogen) atoms. The maximum atomic E-state index is 12.8. The number of rotatable bonds is 5. The van der Waals surface area contributed by atoms with E-state index in [0.717, 1.165) is 11.8 Å². The van der Waals surface area contributed by atoms with Crippen LogP contribution in [0.1, 0.15) is 22.6 Å². The molecule has 0 bridgehead atoms. The lowest BCUT2D eigenvalue weighted by molar-refractivity contribution is 0.0520. The first-order valence-electron chi connectivity index (χ1n) is 7.15. The molecule has 0 radical (unpaired) electrons. The fourth-order valence-electron chi connectivity index (χ4n) is 2.21. The predicted octanol–water partition coefficient (Wildman–Crippen LogP) is 4.74. The second-order valence-corrected chi connectivity index (χ2v) is 6.39. The van der Waals surface area contributed by atoms with Crippen molar-refractivity contribution in [2.45, 2.75) is 13.1 Å². The van der Waals surface area contributed by atoms with E-state index in [1.807, 2.05) is 0 Å². The van der Waals surface area contributed by atoms with Crippen molar-refractivity contribution in [3.05, 3.63) is 63.0 Å². The van der Waals surface area contributed by atoms with E-state index >= 15 is 0 Å². The normalized spacial score (nSPS) is 11.2. The smallest absolute Gasteiger partial charge is 0.302 e. The van der Waals surface area contributed by atoms with Crippen LogP contribution in [0.2, 0.25) is 15.1 Å². The molecule has 2 aromatic heterocycles. The zero-order valence-electron chi connectivity index (χ0n) is 12.8. The molecular weight excluding hydrogens is 411 g/mol. The van der Waals surface area contributed by atoms with Crippen molar-refractivity contribution in [3.63, 3.8) is 0 Å². The van der Waals surface area contributed by atoms with Crippen molar-refractivity contribution in [1.82, 2.24) is 19.6 Å². The summed E-state index contributed by atoms with van der Waals surface area (Å²) >= 11 is 17.9. The molecule has 1 aromatic carbocycles. The summed E-state index contributed by atoms with van der Waals surface area (Å²) in [4.78, 5) is 12.2. The second kappa shape index (κ2) is 7.61. The van der Waals surface area contributed by atoms with Crippen LogP contribution in [0.15, 0.2) is 36.7 Å². The number of benzene rings is 1. The maximum absolute atomic E-state index is 12.8. The summed E-state index contributed by atoms with van der Waals surface area (Å²) in [5.41, 5.74) is 0.502. The van der Waals surface area contributed by atoms with Gasteiger partial charge in [-0.05, 0) is 23.8 Å². The van der Waals surface area contributed by atoms with E-state index in [-0.39, 0.29) is 16.5 Å². The number of hydrogen-bond acceptors (Lipinski definition) is 3. The van der Waals surface area contributed by atoms with Gasteiger partial charge in [-0.15, -0.1) is 0 Å². The summed E-state index contributed by atoms with van der Waals surface area (Å²) in [6.07, 6.45) is 2.59. The first-order chi connectivity index (χ1) is 12.3. The quantitative estimate of drug-likeness (QED) is 0.649. The summed E-state index contributed by atoms with van der Waals surface area (Å²) in [5, 5.41) is 10.9. The highest BCUT2D eigenvalue weighted by molar-refractivity contribution is 6.42. The van der Waals surface area contributed by atoms with Crippen LogP contribution in [0.5, 0.6) is 0 Å². The zero-order chi connectivity index (χ0) is 18.8. The average molecular weight is 421 g/mol. The van der Waals surface area contributed by atoms with Crippen LogP contribution in [-0.2, 0) is 6.54 Å². The van der Waals surface area contributed by atoms with Crippen molar-refractivity contribution in [2.75, 3.05) is 5.32 Å². The SMILES string of the molecule is O=C(Nc1nn(Cc2ccc(Cl)c(Cl)c2)cc1Cl)c1ccnn1C(F)F. The topological polar surface area (TPSA) is 64.7 Å². The van der Waals surface area contributed by atoms with E-state index in [1.54, 1.807) is 18.2 Å². The molecule has 0 aliphatic carbocycles. The molecular formula is C15H10Cl3F2N5O. The number of halogens is 5. The largest absolute Gasteiger partial charge is 0.333 e. The van der Waals surface area contributed by atoms with Gasteiger partial charge < -0.3 is 5.32 Å². The highest BCUT2D eigenvalue weighted by Crippen LogP contribution is 2.25. The fraction of sp³-hybridized carbons (Fsp3) is 0.133. The van der Waals surface area contributed by atoms with Crippen LogP contribution >= 0.6 is 34.8 Å². The lowest BCUT2D eigenvalue weighted by Gasteiger charge is -2.06. The molecule has 0 atom stereocenters. The van der Waals surface area contributed by atoms with Crippen LogP contribution in [0, 0.1) is 0 Å². The van der Waals surface area contributed by atoms with Crippen LogP contribution in [-0.4, -0.2) is 25.5 Å². The molecule has 2 heterocycles. The monoisotopic (exact) mass is 419 g/mol. The van der Waals surface area contributed by atoms with E-state index < -0.39 is 12.5 Å². The standard InChI is InChI=1S/C15H10Cl3F2N5O/c16-9-2-1-8(5-10(9)17)6-24-7-11(18)13(23-24)22-14(26)12-3-4-21-25(12)15(19)20/h1-5,7,15H,6H2,(H,22,23,26). The van der Waals surface area contributed by atoms with Gasteiger partial charge in [0.25, 0.3) is 5.91 Å². The molecule has 136 valence electrons. The number of carbonyl (C=O) groups is 1. The molecule has 0 fully saturated rings. The van der Waals surface area contributed by atoms with Gasteiger partial charge in [0.2, 0.25) is 0 Å². The Hall–Kier alpha value is -2.16. The zero-order valence-corrected chi connectivity index (χ0v) is 15.1. The first kappa shape index (κ1) is 18.6. The molecule has 0 aliphatic heterocycles. The van der Waals surface area contributed by atoms with Crippen molar-refractivity contribution in [1.29, 1.82) is 0 Å². The predicted molar refractivity (Wildman–Crippen MR) is 94.2 cm³/mol. The molecule has 3 aromatic rings. The highest BCUT2D eigenvalue weighted by Gasteiger charge is 2.20. The number of carbonyl (C=O) groups excluding carboxylic acids is 1. The number of anilines is 1. The van der Waals surface area contributed by atoms with Gasteiger partial charge in [-0.3, -0.25) is 9.48 Å². The molecule has 3 rings (SSSR count). The Morgan fingerprint density at radius 3 is 2.62 bits per heavy atom. The van der Waals surface area contributed by atoms with Crippen LogP contribution < -0.4 is 5.32 Å². The summed E-state index contributed by atoms with van der Waals surface area (Å²) < 4.78 is 27.4. The van der Waals surface area contributed by atoms with Gasteiger partial charge in [0, 0.05) is 12.4 Å². The summed E-state index contributed by atoms with van der Waals surface area (Å²) in [6, 6.07) is 6.27. The van der Waals surface area contributed by atoms with Crippen molar-refractivity contribution < 1.29 is 13.6 Å². The van der Waals surface area contributed by atoms with Crippen LogP contribution in [0.25, 0.3) is 0 Å². The number of nitrogens with zero attached hydrogens (tertiary/aromatic N) is 4. The molecule has 0 saturated heterocycles. The minimum atomic E-state index is -2.94. The van der Waals surface area contributed by atoms with E-state index in [2.05, 4.69) is 15.5 Å². The van der Waals surface area contributed by atoms with Gasteiger partial charge in [0.05, 0.1) is 16.6 Å². The lowest BCUT2D eigenvalue weighted by atomic mass is 10.2. The third-order valence-corrected chi connectivity index (χ3v) is 4.38. The van der Waals surface area contributed by atoms with Gasteiger partial charge in [0.1, 0.15) is 10.7 Å². The minimum Gasteiger partial charge on any atom is -0.302 e. The van der Waals surface area contributed by atoms with Gasteiger partial charge in [-0.25, -0.2) is 0 Å². The molecule has 11 heteroatoms. The molecule has 6 nitrogen and oxygen atoms in total. The molecule has 0 aliphatic rings. The average Bonchev–Trinajstić information content (AvgIpc) is 3.18. The molecule has 0 spiro atoms. The van der Waals surface area contributed by atoms with E-state index in [0.29, 0.717) is 21.3 Å². The Kier molecular flexibility index (Phi) is 5.45. The molecule has 1 amide bonds. The van der Waals surface area contributed by atoms with E-state index in [1.165, 1.54) is 16.9 Å². The first-order valence-corrected chi connectivity index (χ1v) is 8.28. The number of nitrogens with one attached hydrogen (secondary N) is 1. The van der Waals surface area contributed by atoms with Crippen LogP contribution in [0.4, 0.5) is 14.6 Å². The molecule has 0 saturated carbocycles. The molecule has 0 unspecified atom stereocenters. The van der Waals surface area contributed by atoms with E-state index in [9.17, 15) is 13.6 Å². The number of amides is 1. The summed E-state index contributed by atoms with van der Waals surface area (Å²) in [5.74, 6) is -0.761. The van der Waals surface area contributed by atoms with Gasteiger partial charge >= 0.3 is 6.55 Å². The number of alkyl halides is 2. The third kappa shape index (κ3) is 3.98.